The number of benzene rings is 3. The standard InChI is InChI=1S/C33H31N3O5S2/c1-6-40-25-18-21(13-15-24(25)39-5)30-29(32(38)41-7-2)19(3)34-33-36(30)31(37)28(43-33)17-20-12-14-23-27(16-20)42-26-11-9-8-10-22(26)35(23)4/h8-18,30H,6-7H2,1-5H3/b28-17+/t30-/m1/s1. The molecule has 0 aliphatic carbocycles. The largest absolute Gasteiger partial charge is 0.493 e. The number of ether oxygens (including phenoxy) is 3. The average Bonchev–Trinajstić information content (AvgIpc) is 3.30. The molecule has 0 fully saturated rings. The van der Waals surface area contributed by atoms with Crippen LogP contribution in [-0.4, -0.2) is 37.9 Å². The summed E-state index contributed by atoms with van der Waals surface area (Å²) in [4.78, 5) is 37.1. The lowest BCUT2D eigenvalue weighted by Gasteiger charge is -2.29. The molecule has 220 valence electrons. The summed E-state index contributed by atoms with van der Waals surface area (Å²) in [5, 5.41) is 0. The second-order valence-electron chi connectivity index (χ2n) is 10.0. The Bertz CT molecular complexity index is 1960. The molecule has 0 amide bonds. The van der Waals surface area contributed by atoms with Gasteiger partial charge in [-0.3, -0.25) is 9.36 Å². The molecule has 3 aromatic carbocycles. The van der Waals surface area contributed by atoms with E-state index >= 15 is 0 Å². The number of carbonyl (C=O) groups excluding carboxylic acids is 1. The van der Waals surface area contributed by atoms with Gasteiger partial charge in [-0.25, -0.2) is 9.79 Å². The Kier molecular flexibility index (Phi) is 7.89. The normalized spacial score (nSPS) is 15.8. The Morgan fingerprint density at radius 3 is 2.56 bits per heavy atom. The van der Waals surface area contributed by atoms with Gasteiger partial charge in [0.2, 0.25) is 0 Å². The van der Waals surface area contributed by atoms with Crippen molar-refractivity contribution in [1.29, 1.82) is 0 Å². The summed E-state index contributed by atoms with van der Waals surface area (Å²) in [6.07, 6.45) is 1.89. The topological polar surface area (TPSA) is 82.4 Å². The van der Waals surface area contributed by atoms with Crippen molar-refractivity contribution in [3.8, 4) is 11.5 Å². The highest BCUT2D eigenvalue weighted by Crippen LogP contribution is 2.47. The molecule has 2 aliphatic rings. The highest BCUT2D eigenvalue weighted by Gasteiger charge is 2.34. The van der Waals surface area contributed by atoms with Gasteiger partial charge in [-0.15, -0.1) is 0 Å². The third kappa shape index (κ3) is 5.14. The molecule has 0 N–H and O–H groups in total. The number of hydrogen-bond acceptors (Lipinski definition) is 9. The summed E-state index contributed by atoms with van der Waals surface area (Å²) in [6, 6.07) is 19.2. The van der Waals surface area contributed by atoms with Crippen LogP contribution in [0.4, 0.5) is 11.4 Å². The average molecular weight is 614 g/mol. The van der Waals surface area contributed by atoms with Crippen molar-refractivity contribution in [1.82, 2.24) is 4.57 Å². The quantitative estimate of drug-likeness (QED) is 0.257. The van der Waals surface area contributed by atoms with Gasteiger partial charge in [-0.1, -0.05) is 47.4 Å². The second-order valence-corrected chi connectivity index (χ2v) is 12.1. The molecule has 10 heteroatoms. The first-order valence-electron chi connectivity index (χ1n) is 14.0. The SMILES string of the molecule is CCOC(=O)C1=C(C)N=c2s/c(=C/c3ccc4c(c3)Sc3ccccc3N4C)c(=O)n2[C@@H]1c1ccc(OC)c(OCC)c1. The molecule has 0 radical (unpaired) electrons. The summed E-state index contributed by atoms with van der Waals surface area (Å²) >= 11 is 3.02. The number of allylic oxidation sites excluding steroid dienone is 1. The zero-order valence-corrected chi connectivity index (χ0v) is 26.2. The van der Waals surface area contributed by atoms with Crippen LogP contribution in [0.15, 0.2) is 91.5 Å². The van der Waals surface area contributed by atoms with Gasteiger partial charge in [0.05, 0.1) is 53.5 Å². The number of aromatic nitrogens is 1. The molecule has 0 saturated heterocycles. The first-order chi connectivity index (χ1) is 20.8. The highest BCUT2D eigenvalue weighted by atomic mass is 32.2. The van der Waals surface area contributed by atoms with E-state index in [4.69, 9.17) is 19.2 Å². The summed E-state index contributed by atoms with van der Waals surface area (Å²) in [5.41, 5.74) is 4.48. The third-order valence-electron chi connectivity index (χ3n) is 7.41. The van der Waals surface area contributed by atoms with Crippen molar-refractivity contribution in [3.05, 3.63) is 103 Å². The first kappa shape index (κ1) is 28.8. The fourth-order valence-corrected chi connectivity index (χ4v) is 7.68. The van der Waals surface area contributed by atoms with Gasteiger partial charge in [-0.2, -0.15) is 0 Å². The van der Waals surface area contributed by atoms with E-state index in [2.05, 4.69) is 36.2 Å². The van der Waals surface area contributed by atoms with E-state index < -0.39 is 12.0 Å². The van der Waals surface area contributed by atoms with Crippen LogP contribution in [0.3, 0.4) is 0 Å². The maximum atomic E-state index is 14.1. The van der Waals surface area contributed by atoms with E-state index in [1.165, 1.54) is 21.9 Å². The zero-order chi connectivity index (χ0) is 30.2. The van der Waals surface area contributed by atoms with Gasteiger partial charge >= 0.3 is 5.97 Å². The number of hydrogen-bond donors (Lipinski definition) is 0. The lowest BCUT2D eigenvalue weighted by Crippen LogP contribution is -2.40. The fourth-order valence-electron chi connectivity index (χ4n) is 5.44. The predicted octanol–water partition coefficient (Wildman–Crippen LogP) is 5.44. The van der Waals surface area contributed by atoms with Crippen molar-refractivity contribution in [2.75, 3.05) is 32.3 Å². The molecule has 0 spiro atoms. The number of esters is 1. The molecule has 1 atom stereocenters. The fraction of sp³-hybridized carbons (Fsp3) is 0.242. The monoisotopic (exact) mass is 613 g/mol. The lowest BCUT2D eigenvalue weighted by atomic mass is 9.95. The van der Waals surface area contributed by atoms with Crippen LogP contribution in [0.25, 0.3) is 6.08 Å². The van der Waals surface area contributed by atoms with E-state index in [0.717, 1.165) is 16.1 Å². The van der Waals surface area contributed by atoms with E-state index in [9.17, 15) is 9.59 Å². The number of rotatable bonds is 7. The number of anilines is 2. The summed E-state index contributed by atoms with van der Waals surface area (Å²) < 4.78 is 18.9. The molecule has 8 nitrogen and oxygen atoms in total. The van der Waals surface area contributed by atoms with Crippen molar-refractivity contribution < 1.29 is 19.0 Å². The van der Waals surface area contributed by atoms with Crippen molar-refractivity contribution in [2.45, 2.75) is 36.6 Å². The zero-order valence-electron chi connectivity index (χ0n) is 24.5. The van der Waals surface area contributed by atoms with Crippen LogP contribution in [0.2, 0.25) is 0 Å². The molecule has 2 aliphatic heterocycles. The lowest BCUT2D eigenvalue weighted by molar-refractivity contribution is -0.139. The summed E-state index contributed by atoms with van der Waals surface area (Å²) in [7, 11) is 3.64. The van der Waals surface area contributed by atoms with Gasteiger partial charge in [0.25, 0.3) is 5.56 Å². The predicted molar refractivity (Wildman–Crippen MR) is 170 cm³/mol. The maximum Gasteiger partial charge on any atom is 0.338 e. The van der Waals surface area contributed by atoms with Crippen LogP contribution in [0.5, 0.6) is 11.5 Å². The minimum Gasteiger partial charge on any atom is -0.493 e. The number of para-hydroxylation sites is 1. The Balaban J connectivity index is 1.48. The molecule has 1 aromatic heterocycles. The third-order valence-corrected chi connectivity index (χ3v) is 9.50. The highest BCUT2D eigenvalue weighted by molar-refractivity contribution is 7.99. The number of nitrogens with zero attached hydrogens (tertiary/aromatic N) is 3. The first-order valence-corrected chi connectivity index (χ1v) is 15.6. The Hall–Kier alpha value is -4.28. The summed E-state index contributed by atoms with van der Waals surface area (Å²) in [5.74, 6) is 0.587. The molecule has 3 heterocycles. The van der Waals surface area contributed by atoms with E-state index in [1.807, 2.05) is 43.3 Å². The number of thiazole rings is 1. The van der Waals surface area contributed by atoms with Crippen LogP contribution >= 0.6 is 23.1 Å². The van der Waals surface area contributed by atoms with Gasteiger partial charge in [0.1, 0.15) is 0 Å². The second kappa shape index (κ2) is 11.8. The molecule has 43 heavy (non-hydrogen) atoms. The van der Waals surface area contributed by atoms with Crippen molar-refractivity contribution in [3.63, 3.8) is 0 Å². The number of methoxy groups -OCH3 is 1. The Labute approximate surface area is 257 Å². The van der Waals surface area contributed by atoms with Gasteiger partial charge in [-0.05, 0) is 74.4 Å². The Morgan fingerprint density at radius 2 is 1.79 bits per heavy atom. The van der Waals surface area contributed by atoms with Gasteiger partial charge in [0.15, 0.2) is 16.3 Å². The molecule has 0 unspecified atom stereocenters. The molecule has 6 rings (SSSR count). The molecular formula is C33H31N3O5S2. The van der Waals surface area contributed by atoms with Crippen LogP contribution in [0.1, 0.15) is 37.9 Å². The number of fused-ring (bicyclic) bond motifs is 3. The van der Waals surface area contributed by atoms with Crippen molar-refractivity contribution >= 4 is 46.5 Å². The molecule has 0 bridgehead atoms. The number of carbonyl (C=O) groups is 1. The van der Waals surface area contributed by atoms with Crippen LogP contribution in [-0.2, 0) is 9.53 Å². The molecular weight excluding hydrogens is 583 g/mol. The van der Waals surface area contributed by atoms with E-state index in [0.29, 0.717) is 44.3 Å². The van der Waals surface area contributed by atoms with Crippen molar-refractivity contribution in [2.24, 2.45) is 4.99 Å². The minimum atomic E-state index is -0.744. The molecule has 0 saturated carbocycles. The van der Waals surface area contributed by atoms with Gasteiger partial charge < -0.3 is 19.1 Å². The van der Waals surface area contributed by atoms with Crippen LogP contribution < -0.4 is 29.3 Å². The summed E-state index contributed by atoms with van der Waals surface area (Å²) in [6.45, 7) is 6.06. The van der Waals surface area contributed by atoms with Gasteiger partial charge in [0, 0.05) is 16.8 Å². The Morgan fingerprint density at radius 1 is 1.00 bits per heavy atom. The van der Waals surface area contributed by atoms with E-state index in [-0.39, 0.29) is 12.2 Å². The van der Waals surface area contributed by atoms with Crippen LogP contribution in [0, 0.1) is 0 Å². The smallest absolute Gasteiger partial charge is 0.338 e. The molecule has 4 aromatic rings. The minimum absolute atomic E-state index is 0.204. The van der Waals surface area contributed by atoms with E-state index in [1.54, 1.807) is 43.4 Å². The maximum absolute atomic E-state index is 14.1.